The van der Waals surface area contributed by atoms with Crippen molar-refractivity contribution in [1.29, 1.82) is 0 Å². The molecule has 1 aliphatic carbocycles. The summed E-state index contributed by atoms with van der Waals surface area (Å²) in [6, 6.07) is 2.21. The van der Waals surface area contributed by atoms with E-state index in [4.69, 9.17) is 5.26 Å². The number of nitrogens with one attached hydrogen (secondary N) is 1. The maximum absolute atomic E-state index is 6.87. The van der Waals surface area contributed by atoms with Gasteiger partial charge in [0.05, 0.1) is 11.3 Å². The van der Waals surface area contributed by atoms with E-state index in [0.717, 1.165) is 11.3 Å². The summed E-state index contributed by atoms with van der Waals surface area (Å²) in [5.74, 6) is 0. The number of rotatable bonds is 0. The van der Waals surface area contributed by atoms with E-state index in [1.54, 1.807) is 6.08 Å². The van der Waals surface area contributed by atoms with Gasteiger partial charge in [0.25, 0.3) is 0 Å². The molecule has 52 valence electrons. The van der Waals surface area contributed by atoms with E-state index in [0.29, 0.717) is 0 Å². The molecule has 0 saturated carbocycles. The van der Waals surface area contributed by atoms with Crippen LogP contribution >= 0.6 is 0 Å². The van der Waals surface area contributed by atoms with Gasteiger partial charge in [-0.15, -0.1) is 5.10 Å². The Labute approximate surface area is 63.2 Å². The summed E-state index contributed by atoms with van der Waals surface area (Å²) in [5, 5.41) is 18.0. The first kappa shape index (κ1) is 5.98. The first-order valence-electron chi connectivity index (χ1n) is 3.20. The highest BCUT2D eigenvalue weighted by Gasteiger charge is 2.19. The molecule has 0 radical (unpaired) electrons. The van der Waals surface area contributed by atoms with E-state index in [9.17, 15) is 0 Å². The normalized spacial score (nSPS) is 25.5. The van der Waals surface area contributed by atoms with Gasteiger partial charge >= 0.3 is 6.07 Å². The van der Waals surface area contributed by atoms with Crippen molar-refractivity contribution in [3.8, 4) is 6.07 Å². The Kier molecular flexibility index (Phi) is 1.16. The SMILES string of the molecule is [NH+]#CC1=CC2N=NN=C2C=C1. The molecule has 1 unspecified atom stereocenters. The zero-order chi connectivity index (χ0) is 7.68. The van der Waals surface area contributed by atoms with Gasteiger partial charge < -0.3 is 0 Å². The van der Waals surface area contributed by atoms with E-state index in [1.807, 2.05) is 12.2 Å². The molecule has 0 aromatic carbocycles. The zero-order valence-corrected chi connectivity index (χ0v) is 5.65. The summed E-state index contributed by atoms with van der Waals surface area (Å²) in [6.07, 6.45) is 5.39. The standard InChI is InChI=1S/C7H4N4/c8-4-5-1-2-6-7(3-5)10-11-9-6/h1-3,7H/p+1. The minimum Gasteiger partial charge on any atom is -0.155 e. The van der Waals surface area contributed by atoms with Crippen LogP contribution in [0.15, 0.2) is 39.2 Å². The fourth-order valence-corrected chi connectivity index (χ4v) is 0.986. The molecule has 4 nitrogen and oxygen atoms in total. The maximum atomic E-state index is 6.87. The van der Waals surface area contributed by atoms with Gasteiger partial charge in [-0.1, -0.05) is 5.26 Å². The minimum absolute atomic E-state index is 0.0761. The Morgan fingerprint density at radius 3 is 3.18 bits per heavy atom. The molecule has 0 spiro atoms. The highest BCUT2D eigenvalue weighted by Crippen LogP contribution is 2.15. The zero-order valence-electron chi connectivity index (χ0n) is 5.65. The highest BCUT2D eigenvalue weighted by molar-refractivity contribution is 6.03. The Balaban J connectivity index is 2.38. The molecule has 1 heterocycles. The lowest BCUT2D eigenvalue weighted by atomic mass is 10.0. The summed E-state index contributed by atoms with van der Waals surface area (Å²) < 4.78 is 0. The molecule has 2 rings (SSSR count). The number of hydrogen-bond donors (Lipinski definition) is 1. The quantitative estimate of drug-likeness (QED) is 0.475. The smallest absolute Gasteiger partial charge is 0.155 e. The Morgan fingerprint density at radius 1 is 1.45 bits per heavy atom. The first-order chi connectivity index (χ1) is 5.40. The van der Waals surface area contributed by atoms with Crippen LogP contribution in [0.2, 0.25) is 0 Å². The average molecular weight is 145 g/mol. The molecular weight excluding hydrogens is 140 g/mol. The van der Waals surface area contributed by atoms with Crippen LogP contribution in [0.1, 0.15) is 0 Å². The predicted molar refractivity (Wildman–Crippen MR) is 38.2 cm³/mol. The van der Waals surface area contributed by atoms with Crippen molar-refractivity contribution >= 4 is 5.71 Å². The lowest BCUT2D eigenvalue weighted by molar-refractivity contribution is -0.0910. The summed E-state index contributed by atoms with van der Waals surface area (Å²) in [7, 11) is 0. The molecule has 2 aliphatic rings. The maximum Gasteiger partial charge on any atom is 0.308 e. The number of fused-ring (bicyclic) bond motifs is 1. The summed E-state index contributed by atoms with van der Waals surface area (Å²) in [6.45, 7) is 0. The van der Waals surface area contributed by atoms with Crippen molar-refractivity contribution in [2.75, 3.05) is 0 Å². The third-order valence-electron chi connectivity index (χ3n) is 1.55. The molecule has 0 aromatic heterocycles. The van der Waals surface area contributed by atoms with E-state index < -0.39 is 0 Å². The van der Waals surface area contributed by atoms with Gasteiger partial charge in [-0.2, -0.15) is 5.11 Å². The molecule has 4 heteroatoms. The molecule has 0 fully saturated rings. The third kappa shape index (κ3) is 0.867. The Hall–Kier alpha value is -1.76. The summed E-state index contributed by atoms with van der Waals surface area (Å²) in [4.78, 5) is 0. The number of nitrogens with zero attached hydrogens (tertiary/aromatic N) is 3. The molecule has 1 atom stereocenters. The van der Waals surface area contributed by atoms with Gasteiger partial charge in [-0.05, 0) is 23.5 Å². The van der Waals surface area contributed by atoms with Crippen LogP contribution in [0.4, 0.5) is 0 Å². The van der Waals surface area contributed by atoms with Gasteiger partial charge in [0, 0.05) is 0 Å². The van der Waals surface area contributed by atoms with Crippen molar-refractivity contribution in [3.63, 3.8) is 0 Å². The third-order valence-corrected chi connectivity index (χ3v) is 1.55. The molecule has 1 aliphatic heterocycles. The van der Waals surface area contributed by atoms with Crippen LogP contribution in [-0.2, 0) is 0 Å². The van der Waals surface area contributed by atoms with Gasteiger partial charge in [0.1, 0.15) is 6.04 Å². The number of hydrogen-bond acceptors (Lipinski definition) is 3. The van der Waals surface area contributed by atoms with Crippen LogP contribution in [0.25, 0.3) is 0 Å². The van der Waals surface area contributed by atoms with Gasteiger partial charge in [0.2, 0.25) is 0 Å². The fraction of sp³-hybridized carbons (Fsp3) is 0.143. The van der Waals surface area contributed by atoms with Crippen LogP contribution in [0.5, 0.6) is 0 Å². The van der Waals surface area contributed by atoms with E-state index in [1.165, 1.54) is 0 Å². The van der Waals surface area contributed by atoms with E-state index in [2.05, 4.69) is 21.5 Å². The lowest BCUT2D eigenvalue weighted by Crippen LogP contribution is -2.20. The molecule has 0 amide bonds. The van der Waals surface area contributed by atoms with Crippen LogP contribution in [0.3, 0.4) is 0 Å². The van der Waals surface area contributed by atoms with Crippen molar-refractivity contribution in [1.82, 2.24) is 0 Å². The van der Waals surface area contributed by atoms with E-state index >= 15 is 0 Å². The van der Waals surface area contributed by atoms with Crippen molar-refractivity contribution in [3.05, 3.63) is 23.8 Å². The topological polar surface area (TPSA) is 60.9 Å². The second-order valence-corrected chi connectivity index (χ2v) is 2.25. The van der Waals surface area contributed by atoms with Gasteiger partial charge in [-0.3, -0.25) is 0 Å². The molecule has 1 N–H and O–H groups in total. The average Bonchev–Trinajstić information content (AvgIpc) is 2.50. The highest BCUT2D eigenvalue weighted by atomic mass is 15.4. The molecule has 0 bridgehead atoms. The van der Waals surface area contributed by atoms with Crippen LogP contribution < -0.4 is 5.26 Å². The minimum atomic E-state index is -0.0761. The molecular formula is C7H5N4+. The molecule has 11 heavy (non-hydrogen) atoms. The predicted octanol–water partition coefficient (Wildman–Crippen LogP) is -0.554. The van der Waals surface area contributed by atoms with Crippen LogP contribution in [-0.4, -0.2) is 11.8 Å². The van der Waals surface area contributed by atoms with Gasteiger partial charge in [0.15, 0.2) is 0 Å². The number of allylic oxidation sites excluding steroid dienone is 2. The second kappa shape index (κ2) is 2.13. The monoisotopic (exact) mass is 145 g/mol. The second-order valence-electron chi connectivity index (χ2n) is 2.25. The van der Waals surface area contributed by atoms with E-state index in [-0.39, 0.29) is 6.04 Å². The first-order valence-corrected chi connectivity index (χ1v) is 3.20. The largest absolute Gasteiger partial charge is 0.308 e. The van der Waals surface area contributed by atoms with Gasteiger partial charge in [-0.25, -0.2) is 0 Å². The molecule has 0 aromatic rings. The van der Waals surface area contributed by atoms with Crippen molar-refractivity contribution < 1.29 is 5.26 Å². The van der Waals surface area contributed by atoms with Crippen molar-refractivity contribution in [2.24, 2.45) is 15.4 Å². The summed E-state index contributed by atoms with van der Waals surface area (Å²) >= 11 is 0. The fourth-order valence-electron chi connectivity index (χ4n) is 0.986. The molecule has 0 saturated heterocycles. The van der Waals surface area contributed by atoms with Crippen molar-refractivity contribution in [2.45, 2.75) is 6.04 Å². The Morgan fingerprint density at radius 2 is 2.36 bits per heavy atom. The lowest BCUT2D eigenvalue weighted by Gasteiger charge is -2.02. The van der Waals surface area contributed by atoms with Crippen LogP contribution in [0, 0.1) is 6.07 Å². The Bertz CT molecular complexity index is 340. The summed E-state index contributed by atoms with van der Waals surface area (Å²) in [5.41, 5.74) is 1.57.